The van der Waals surface area contributed by atoms with Crippen LogP contribution in [0.2, 0.25) is 0 Å². The van der Waals surface area contributed by atoms with Gasteiger partial charge in [0.25, 0.3) is 5.92 Å². The van der Waals surface area contributed by atoms with Crippen LogP contribution in [0.1, 0.15) is 24.5 Å². The Morgan fingerprint density at radius 1 is 1.23 bits per heavy atom. The van der Waals surface area contributed by atoms with E-state index in [1.165, 1.54) is 31.2 Å². The standard InChI is InChI=1S/C10H12F2O/c1-2-10(11,12)9-5-3-8(7-13)4-6-9/h3-6,13H,2,7H2,1H3. The number of halogens is 2. The quantitative estimate of drug-likeness (QED) is 0.769. The van der Waals surface area contributed by atoms with E-state index in [2.05, 4.69) is 0 Å². The summed E-state index contributed by atoms with van der Waals surface area (Å²) in [5.41, 5.74) is 0.655. The molecule has 3 heteroatoms. The summed E-state index contributed by atoms with van der Waals surface area (Å²) in [5.74, 6) is -2.76. The Balaban J connectivity index is 2.92. The van der Waals surface area contributed by atoms with E-state index < -0.39 is 5.92 Å². The number of aliphatic hydroxyl groups excluding tert-OH is 1. The molecule has 0 atom stereocenters. The van der Waals surface area contributed by atoms with E-state index in [-0.39, 0.29) is 18.6 Å². The van der Waals surface area contributed by atoms with E-state index in [1.807, 2.05) is 0 Å². The molecule has 0 unspecified atom stereocenters. The van der Waals surface area contributed by atoms with E-state index in [0.29, 0.717) is 5.56 Å². The first-order valence-electron chi connectivity index (χ1n) is 4.18. The summed E-state index contributed by atoms with van der Waals surface area (Å²) >= 11 is 0. The molecule has 1 aromatic carbocycles. The van der Waals surface area contributed by atoms with Gasteiger partial charge < -0.3 is 5.11 Å². The van der Waals surface area contributed by atoms with E-state index in [9.17, 15) is 8.78 Å². The van der Waals surface area contributed by atoms with Gasteiger partial charge in [-0.25, -0.2) is 8.78 Å². The van der Waals surface area contributed by atoms with Gasteiger partial charge in [0.2, 0.25) is 0 Å². The van der Waals surface area contributed by atoms with Gasteiger partial charge in [0.1, 0.15) is 0 Å². The molecule has 1 N–H and O–H groups in total. The lowest BCUT2D eigenvalue weighted by molar-refractivity contribution is -0.00831. The monoisotopic (exact) mass is 186 g/mol. The normalized spacial score (nSPS) is 11.7. The Labute approximate surface area is 76.0 Å². The lowest BCUT2D eigenvalue weighted by atomic mass is 10.0. The van der Waals surface area contributed by atoms with Crippen molar-refractivity contribution in [1.29, 1.82) is 0 Å². The van der Waals surface area contributed by atoms with Crippen molar-refractivity contribution in [1.82, 2.24) is 0 Å². The van der Waals surface area contributed by atoms with Gasteiger partial charge in [0.05, 0.1) is 6.61 Å². The molecule has 0 amide bonds. The molecule has 0 aromatic heterocycles. The molecular weight excluding hydrogens is 174 g/mol. The van der Waals surface area contributed by atoms with Crippen LogP contribution in [-0.2, 0) is 12.5 Å². The maximum atomic E-state index is 13.1. The van der Waals surface area contributed by atoms with Crippen LogP contribution in [0.3, 0.4) is 0 Å². The maximum Gasteiger partial charge on any atom is 0.273 e. The average Bonchev–Trinajstić information content (AvgIpc) is 2.18. The molecule has 0 fully saturated rings. The van der Waals surface area contributed by atoms with Crippen molar-refractivity contribution >= 4 is 0 Å². The van der Waals surface area contributed by atoms with Gasteiger partial charge in [-0.1, -0.05) is 31.2 Å². The van der Waals surface area contributed by atoms with E-state index in [0.717, 1.165) is 0 Å². The Morgan fingerprint density at radius 2 is 1.77 bits per heavy atom. The third-order valence-corrected chi connectivity index (χ3v) is 2.00. The fourth-order valence-electron chi connectivity index (χ4n) is 1.06. The number of rotatable bonds is 3. The highest BCUT2D eigenvalue weighted by molar-refractivity contribution is 5.25. The lowest BCUT2D eigenvalue weighted by Gasteiger charge is -2.14. The summed E-state index contributed by atoms with van der Waals surface area (Å²) in [6, 6.07) is 5.74. The first-order chi connectivity index (χ1) is 6.10. The van der Waals surface area contributed by atoms with Gasteiger partial charge in [0, 0.05) is 12.0 Å². The minimum Gasteiger partial charge on any atom is -0.392 e. The zero-order valence-corrected chi connectivity index (χ0v) is 7.43. The van der Waals surface area contributed by atoms with Gasteiger partial charge in [-0.3, -0.25) is 0 Å². The van der Waals surface area contributed by atoms with E-state index >= 15 is 0 Å². The van der Waals surface area contributed by atoms with Crippen LogP contribution in [0.25, 0.3) is 0 Å². The van der Waals surface area contributed by atoms with Crippen LogP contribution in [0.15, 0.2) is 24.3 Å². The van der Waals surface area contributed by atoms with Gasteiger partial charge in [-0.05, 0) is 5.56 Å². The van der Waals surface area contributed by atoms with Gasteiger partial charge in [-0.15, -0.1) is 0 Å². The van der Waals surface area contributed by atoms with Crippen LogP contribution in [-0.4, -0.2) is 5.11 Å². The Morgan fingerprint density at radius 3 is 2.15 bits per heavy atom. The van der Waals surface area contributed by atoms with Crippen molar-refractivity contribution in [3.63, 3.8) is 0 Å². The highest BCUT2D eigenvalue weighted by atomic mass is 19.3. The van der Waals surface area contributed by atoms with Crippen molar-refractivity contribution < 1.29 is 13.9 Å². The van der Waals surface area contributed by atoms with Crippen LogP contribution in [0.5, 0.6) is 0 Å². The smallest absolute Gasteiger partial charge is 0.273 e. The second kappa shape index (κ2) is 3.83. The molecule has 0 radical (unpaired) electrons. The van der Waals surface area contributed by atoms with Crippen LogP contribution >= 0.6 is 0 Å². The summed E-state index contributed by atoms with van der Waals surface area (Å²) in [6.45, 7) is 1.33. The predicted octanol–water partition coefficient (Wildman–Crippen LogP) is 2.68. The van der Waals surface area contributed by atoms with Crippen molar-refractivity contribution in [3.05, 3.63) is 35.4 Å². The third-order valence-electron chi connectivity index (χ3n) is 2.00. The van der Waals surface area contributed by atoms with E-state index in [1.54, 1.807) is 0 Å². The molecule has 0 saturated heterocycles. The molecule has 0 heterocycles. The summed E-state index contributed by atoms with van der Waals surface area (Å²) in [4.78, 5) is 0. The predicted molar refractivity (Wildman–Crippen MR) is 46.5 cm³/mol. The largest absolute Gasteiger partial charge is 0.392 e. The van der Waals surface area contributed by atoms with E-state index in [4.69, 9.17) is 5.11 Å². The molecule has 0 aliphatic heterocycles. The number of aliphatic hydroxyl groups is 1. The molecule has 0 spiro atoms. The van der Waals surface area contributed by atoms with Crippen molar-refractivity contribution in [2.75, 3.05) is 0 Å². The van der Waals surface area contributed by atoms with Gasteiger partial charge in [-0.2, -0.15) is 0 Å². The summed E-state index contributed by atoms with van der Waals surface area (Å²) in [7, 11) is 0. The van der Waals surface area contributed by atoms with Gasteiger partial charge >= 0.3 is 0 Å². The van der Waals surface area contributed by atoms with Crippen LogP contribution < -0.4 is 0 Å². The molecule has 0 bridgehead atoms. The molecule has 1 rings (SSSR count). The topological polar surface area (TPSA) is 20.2 Å². The lowest BCUT2D eigenvalue weighted by Crippen LogP contribution is -2.11. The summed E-state index contributed by atoms with van der Waals surface area (Å²) in [5, 5.41) is 8.70. The maximum absolute atomic E-state index is 13.1. The molecule has 13 heavy (non-hydrogen) atoms. The molecular formula is C10H12F2O. The third kappa shape index (κ3) is 2.25. The Kier molecular flexibility index (Phi) is 2.98. The zero-order valence-electron chi connectivity index (χ0n) is 7.43. The number of alkyl halides is 2. The zero-order chi connectivity index (χ0) is 9.90. The van der Waals surface area contributed by atoms with Crippen molar-refractivity contribution in [2.24, 2.45) is 0 Å². The summed E-state index contributed by atoms with van der Waals surface area (Å²) < 4.78 is 26.1. The van der Waals surface area contributed by atoms with Gasteiger partial charge in [0.15, 0.2) is 0 Å². The second-order valence-corrected chi connectivity index (χ2v) is 2.91. The fourth-order valence-corrected chi connectivity index (χ4v) is 1.06. The highest BCUT2D eigenvalue weighted by Gasteiger charge is 2.28. The van der Waals surface area contributed by atoms with Crippen LogP contribution in [0.4, 0.5) is 8.78 Å². The molecule has 0 saturated carbocycles. The molecule has 72 valence electrons. The molecule has 1 aromatic rings. The minimum atomic E-state index is -2.76. The fraction of sp³-hybridized carbons (Fsp3) is 0.400. The number of benzene rings is 1. The summed E-state index contributed by atoms with van der Waals surface area (Å²) in [6.07, 6.45) is -0.203. The van der Waals surface area contributed by atoms with Crippen molar-refractivity contribution in [3.8, 4) is 0 Å². The first kappa shape index (κ1) is 10.1. The number of hydrogen-bond acceptors (Lipinski definition) is 1. The molecule has 0 aliphatic rings. The SMILES string of the molecule is CCC(F)(F)c1ccc(CO)cc1. The Hall–Kier alpha value is -0.960. The van der Waals surface area contributed by atoms with Crippen molar-refractivity contribution in [2.45, 2.75) is 25.9 Å². The minimum absolute atomic E-state index is 0.00667. The second-order valence-electron chi connectivity index (χ2n) is 2.91. The number of hydrogen-bond donors (Lipinski definition) is 1. The molecule has 0 aliphatic carbocycles. The Bertz CT molecular complexity index is 267. The molecule has 1 nitrogen and oxygen atoms in total. The first-order valence-corrected chi connectivity index (χ1v) is 4.18. The average molecular weight is 186 g/mol. The van der Waals surface area contributed by atoms with Crippen LogP contribution in [0, 0.1) is 0 Å². The highest BCUT2D eigenvalue weighted by Crippen LogP contribution is 2.31.